The molecule has 1 aliphatic rings. The van der Waals surface area contributed by atoms with Gasteiger partial charge in [-0.05, 0) is 51.1 Å². The van der Waals surface area contributed by atoms with E-state index in [0.717, 1.165) is 11.3 Å². The van der Waals surface area contributed by atoms with Crippen molar-refractivity contribution in [3.63, 3.8) is 0 Å². The van der Waals surface area contributed by atoms with Crippen LogP contribution in [0.4, 0.5) is 5.69 Å². The van der Waals surface area contributed by atoms with Crippen molar-refractivity contribution in [3.05, 3.63) is 59.7 Å². The Morgan fingerprint density at radius 1 is 1.18 bits per heavy atom. The van der Waals surface area contributed by atoms with E-state index in [1.165, 1.54) is 10.6 Å². The molecule has 1 N–H and O–H groups in total. The maximum absolute atomic E-state index is 12.8. The molecule has 0 saturated heterocycles. The van der Waals surface area contributed by atoms with Gasteiger partial charge < -0.3 is 10.1 Å². The summed E-state index contributed by atoms with van der Waals surface area (Å²) in [7, 11) is -3.35. The van der Waals surface area contributed by atoms with Gasteiger partial charge in [0.05, 0.1) is 18.0 Å². The minimum atomic E-state index is -3.35. The molecule has 3 rings (SSSR count). The molecule has 0 aliphatic carbocycles. The van der Waals surface area contributed by atoms with Crippen molar-refractivity contribution in [1.29, 1.82) is 0 Å². The van der Waals surface area contributed by atoms with Gasteiger partial charge in [-0.3, -0.25) is 9.10 Å². The predicted molar refractivity (Wildman–Crippen MR) is 110 cm³/mol. The molecule has 1 amide bonds. The van der Waals surface area contributed by atoms with Gasteiger partial charge in [0.2, 0.25) is 10.0 Å². The third kappa shape index (κ3) is 4.30. The van der Waals surface area contributed by atoms with Gasteiger partial charge in [0, 0.05) is 24.1 Å². The summed E-state index contributed by atoms with van der Waals surface area (Å²) in [5.41, 5.74) is 1.60. The van der Waals surface area contributed by atoms with E-state index >= 15 is 0 Å². The van der Waals surface area contributed by atoms with Crippen LogP contribution in [0.25, 0.3) is 0 Å². The van der Waals surface area contributed by atoms with E-state index in [9.17, 15) is 13.2 Å². The van der Waals surface area contributed by atoms with Crippen molar-refractivity contribution >= 4 is 21.6 Å². The molecule has 2 aromatic rings. The highest BCUT2D eigenvalue weighted by molar-refractivity contribution is 7.92. The smallest absolute Gasteiger partial charge is 0.251 e. The van der Waals surface area contributed by atoms with Crippen LogP contribution < -0.4 is 14.4 Å². The summed E-state index contributed by atoms with van der Waals surface area (Å²) in [6.45, 7) is 6.10. The second kappa shape index (κ2) is 7.47. The fourth-order valence-corrected chi connectivity index (χ4v) is 4.53. The highest BCUT2D eigenvalue weighted by Crippen LogP contribution is 2.39. The maximum atomic E-state index is 12.8. The van der Waals surface area contributed by atoms with Gasteiger partial charge in [-0.2, -0.15) is 0 Å². The Bertz CT molecular complexity index is 968. The second-order valence-corrected chi connectivity index (χ2v) is 9.51. The lowest BCUT2D eigenvalue weighted by Crippen LogP contribution is -2.41. The molecule has 150 valence electrons. The van der Waals surface area contributed by atoms with Crippen LogP contribution >= 0.6 is 0 Å². The van der Waals surface area contributed by atoms with Crippen LogP contribution in [0.2, 0.25) is 0 Å². The zero-order valence-corrected chi connectivity index (χ0v) is 17.4. The molecular formula is C21H26N2O4S. The standard InChI is InChI=1S/C21H26N2O4S/c1-5-23(28(4,25)26)16-12-10-15(11-13-16)20(24)22-18-14-21(2,3)27-19-9-7-6-8-17(18)19/h6-13,18H,5,14H2,1-4H3,(H,22,24)/t18-/m0/s1. The highest BCUT2D eigenvalue weighted by Gasteiger charge is 2.34. The van der Waals surface area contributed by atoms with Gasteiger partial charge in [0.1, 0.15) is 11.4 Å². The molecule has 1 heterocycles. The van der Waals surface area contributed by atoms with Crippen molar-refractivity contribution in [3.8, 4) is 5.75 Å². The summed E-state index contributed by atoms with van der Waals surface area (Å²) >= 11 is 0. The fourth-order valence-electron chi connectivity index (χ4n) is 3.56. The number of carbonyl (C=O) groups is 1. The first-order valence-electron chi connectivity index (χ1n) is 9.27. The first kappa shape index (κ1) is 20.2. The van der Waals surface area contributed by atoms with Crippen LogP contribution in [-0.4, -0.2) is 32.7 Å². The zero-order chi connectivity index (χ0) is 20.5. The summed E-state index contributed by atoms with van der Waals surface area (Å²) in [5, 5.41) is 3.09. The summed E-state index contributed by atoms with van der Waals surface area (Å²) in [4.78, 5) is 12.8. The lowest BCUT2D eigenvalue weighted by atomic mass is 9.89. The highest BCUT2D eigenvalue weighted by atomic mass is 32.2. The maximum Gasteiger partial charge on any atom is 0.251 e. The normalized spacial score (nSPS) is 17.9. The van der Waals surface area contributed by atoms with Gasteiger partial charge in [-0.15, -0.1) is 0 Å². The molecule has 7 heteroatoms. The number of sulfonamides is 1. The second-order valence-electron chi connectivity index (χ2n) is 7.60. The number of para-hydroxylation sites is 1. The number of nitrogens with zero attached hydrogens (tertiary/aromatic N) is 1. The van der Waals surface area contributed by atoms with Crippen LogP contribution in [0.1, 0.15) is 49.2 Å². The Labute approximate surface area is 166 Å². The molecule has 0 saturated carbocycles. The SMILES string of the molecule is CCN(c1ccc(C(=O)N[C@H]2CC(C)(C)Oc3ccccc32)cc1)S(C)(=O)=O. The Balaban J connectivity index is 1.80. The van der Waals surface area contributed by atoms with Crippen LogP contribution in [0.15, 0.2) is 48.5 Å². The van der Waals surface area contributed by atoms with Gasteiger partial charge in [0.15, 0.2) is 0 Å². The average Bonchev–Trinajstić information content (AvgIpc) is 2.60. The van der Waals surface area contributed by atoms with Crippen LogP contribution in [0.5, 0.6) is 5.75 Å². The molecular weight excluding hydrogens is 376 g/mol. The molecule has 0 radical (unpaired) electrons. The third-order valence-corrected chi connectivity index (χ3v) is 6.06. The van der Waals surface area contributed by atoms with E-state index in [2.05, 4.69) is 5.32 Å². The minimum absolute atomic E-state index is 0.157. The molecule has 1 atom stereocenters. The number of anilines is 1. The zero-order valence-electron chi connectivity index (χ0n) is 16.6. The number of hydrogen-bond acceptors (Lipinski definition) is 4. The molecule has 0 unspecified atom stereocenters. The lowest BCUT2D eigenvalue weighted by molar-refractivity contribution is 0.0619. The molecule has 6 nitrogen and oxygen atoms in total. The quantitative estimate of drug-likeness (QED) is 0.830. The number of benzene rings is 2. The summed E-state index contributed by atoms with van der Waals surface area (Å²) in [5.74, 6) is 0.581. The van der Waals surface area contributed by atoms with Crippen molar-refractivity contribution in [2.75, 3.05) is 17.1 Å². The van der Waals surface area contributed by atoms with Crippen molar-refractivity contribution in [1.82, 2.24) is 5.32 Å². The number of hydrogen-bond donors (Lipinski definition) is 1. The predicted octanol–water partition coefficient (Wildman–Crippen LogP) is 3.50. The topological polar surface area (TPSA) is 75.7 Å². The van der Waals surface area contributed by atoms with Crippen molar-refractivity contribution in [2.45, 2.75) is 38.8 Å². The van der Waals surface area contributed by atoms with Gasteiger partial charge in [0.25, 0.3) is 5.91 Å². The molecule has 0 spiro atoms. The molecule has 0 bridgehead atoms. The lowest BCUT2D eigenvalue weighted by Gasteiger charge is -2.37. The Morgan fingerprint density at radius 3 is 2.43 bits per heavy atom. The molecule has 28 heavy (non-hydrogen) atoms. The van der Waals surface area contributed by atoms with E-state index in [-0.39, 0.29) is 17.6 Å². The number of nitrogens with one attached hydrogen (secondary N) is 1. The first-order chi connectivity index (χ1) is 13.1. The number of ether oxygens (including phenoxy) is 1. The largest absolute Gasteiger partial charge is 0.487 e. The van der Waals surface area contributed by atoms with Crippen molar-refractivity contribution < 1.29 is 17.9 Å². The van der Waals surface area contributed by atoms with E-state index in [4.69, 9.17) is 4.74 Å². The number of rotatable bonds is 5. The molecule has 0 aromatic heterocycles. The van der Waals surface area contributed by atoms with Gasteiger partial charge in [-0.1, -0.05) is 18.2 Å². The Morgan fingerprint density at radius 2 is 1.82 bits per heavy atom. The van der Waals surface area contributed by atoms with E-state index in [1.54, 1.807) is 31.2 Å². The Hall–Kier alpha value is -2.54. The molecule has 1 aliphatic heterocycles. The summed E-state index contributed by atoms with van der Waals surface area (Å²) < 4.78 is 31.0. The van der Waals surface area contributed by atoms with E-state index in [1.807, 2.05) is 38.1 Å². The van der Waals surface area contributed by atoms with Gasteiger partial charge >= 0.3 is 0 Å². The Kier molecular flexibility index (Phi) is 5.39. The molecule has 0 fully saturated rings. The fraction of sp³-hybridized carbons (Fsp3) is 0.381. The monoisotopic (exact) mass is 402 g/mol. The number of amides is 1. The summed E-state index contributed by atoms with van der Waals surface area (Å²) in [6.07, 6.45) is 1.83. The number of carbonyl (C=O) groups excluding carboxylic acids is 1. The van der Waals surface area contributed by atoms with E-state index in [0.29, 0.717) is 24.2 Å². The summed E-state index contributed by atoms with van der Waals surface area (Å²) in [6, 6.07) is 14.2. The van der Waals surface area contributed by atoms with Crippen LogP contribution in [0, 0.1) is 0 Å². The van der Waals surface area contributed by atoms with E-state index < -0.39 is 10.0 Å². The first-order valence-corrected chi connectivity index (χ1v) is 11.1. The van der Waals surface area contributed by atoms with Crippen LogP contribution in [0.3, 0.4) is 0 Å². The van der Waals surface area contributed by atoms with Crippen LogP contribution in [-0.2, 0) is 10.0 Å². The number of fused-ring (bicyclic) bond motifs is 1. The van der Waals surface area contributed by atoms with Gasteiger partial charge in [-0.25, -0.2) is 8.42 Å². The molecule has 2 aromatic carbocycles. The van der Waals surface area contributed by atoms with Crippen molar-refractivity contribution in [2.24, 2.45) is 0 Å². The average molecular weight is 403 g/mol. The minimum Gasteiger partial charge on any atom is -0.487 e. The third-order valence-electron chi connectivity index (χ3n) is 4.79.